The van der Waals surface area contributed by atoms with E-state index in [9.17, 15) is 4.79 Å². The Labute approximate surface area is 85.3 Å². The van der Waals surface area contributed by atoms with Crippen molar-refractivity contribution < 1.29 is 4.79 Å². The summed E-state index contributed by atoms with van der Waals surface area (Å²) in [6.07, 6.45) is 0.887. The first kappa shape index (κ1) is 10.4. The molecule has 0 spiro atoms. The number of hydrogen-bond donors (Lipinski definition) is 1. The summed E-state index contributed by atoms with van der Waals surface area (Å²) in [5.74, 6) is -0.209. The van der Waals surface area contributed by atoms with E-state index in [1.54, 1.807) is 0 Å². The lowest BCUT2D eigenvalue weighted by Crippen LogP contribution is -2.31. The number of carbonyl (C=O) groups is 1. The van der Waals surface area contributed by atoms with Crippen LogP contribution >= 0.6 is 22.9 Å². The van der Waals surface area contributed by atoms with Crippen molar-refractivity contribution in [3.63, 3.8) is 0 Å². The van der Waals surface area contributed by atoms with Crippen LogP contribution in [0.4, 0.5) is 0 Å². The summed E-state index contributed by atoms with van der Waals surface area (Å²) in [4.78, 5) is 11.4. The normalized spacial score (nSPS) is 12.5. The molecule has 4 nitrogen and oxygen atoms in total. The number of rotatable bonds is 3. The first-order chi connectivity index (χ1) is 6.13. The van der Waals surface area contributed by atoms with Crippen LogP contribution in [-0.4, -0.2) is 22.1 Å². The summed E-state index contributed by atoms with van der Waals surface area (Å²) < 4.78 is 0.286. The van der Waals surface area contributed by atoms with Crippen LogP contribution in [0.3, 0.4) is 0 Å². The van der Waals surface area contributed by atoms with Crippen molar-refractivity contribution in [1.82, 2.24) is 15.5 Å². The van der Waals surface area contributed by atoms with Gasteiger partial charge < -0.3 is 5.32 Å². The van der Waals surface area contributed by atoms with Crippen molar-refractivity contribution in [1.29, 1.82) is 0 Å². The summed E-state index contributed by atoms with van der Waals surface area (Å²) in [7, 11) is 0. The Morgan fingerprint density at radius 1 is 1.69 bits per heavy atom. The van der Waals surface area contributed by atoms with E-state index in [4.69, 9.17) is 11.6 Å². The Morgan fingerprint density at radius 2 is 2.38 bits per heavy atom. The predicted molar refractivity (Wildman–Crippen MR) is 52.1 cm³/mol. The van der Waals surface area contributed by atoms with E-state index in [1.165, 1.54) is 0 Å². The molecule has 1 N–H and O–H groups in total. The van der Waals surface area contributed by atoms with Gasteiger partial charge in [-0.15, -0.1) is 10.2 Å². The van der Waals surface area contributed by atoms with Gasteiger partial charge in [0.15, 0.2) is 0 Å². The van der Waals surface area contributed by atoms with Gasteiger partial charge in [-0.1, -0.05) is 18.3 Å². The molecular weight excluding hydrogens is 210 g/mol. The Morgan fingerprint density at radius 3 is 2.85 bits per heavy atom. The zero-order valence-electron chi connectivity index (χ0n) is 7.37. The average Bonchev–Trinajstić information content (AvgIpc) is 2.51. The molecule has 0 aliphatic carbocycles. The first-order valence-corrected chi connectivity index (χ1v) is 5.12. The highest BCUT2D eigenvalue weighted by atomic mass is 35.5. The van der Waals surface area contributed by atoms with Gasteiger partial charge in [-0.25, -0.2) is 0 Å². The van der Waals surface area contributed by atoms with Gasteiger partial charge in [0.25, 0.3) is 5.91 Å². The number of nitrogens with zero attached hydrogens (tertiary/aromatic N) is 2. The molecular formula is C7H10ClN3OS. The molecule has 13 heavy (non-hydrogen) atoms. The highest BCUT2D eigenvalue weighted by molar-refractivity contribution is 7.17. The molecule has 0 aromatic carbocycles. The van der Waals surface area contributed by atoms with Gasteiger partial charge >= 0.3 is 0 Å². The molecule has 1 aromatic heterocycles. The molecule has 1 rings (SSSR count). The fraction of sp³-hybridized carbons (Fsp3) is 0.571. The van der Waals surface area contributed by atoms with Crippen LogP contribution in [-0.2, 0) is 0 Å². The van der Waals surface area contributed by atoms with E-state index in [1.807, 2.05) is 13.8 Å². The lowest BCUT2D eigenvalue weighted by atomic mass is 10.2. The maximum atomic E-state index is 11.4. The Kier molecular flexibility index (Phi) is 3.62. The number of amides is 1. The van der Waals surface area contributed by atoms with Gasteiger partial charge in [0.1, 0.15) is 0 Å². The fourth-order valence-electron chi connectivity index (χ4n) is 0.685. The molecule has 72 valence electrons. The SMILES string of the molecule is CCC(C)NC(=O)c1nnc(Cl)s1. The zero-order valence-corrected chi connectivity index (χ0v) is 8.95. The van der Waals surface area contributed by atoms with Crippen LogP contribution in [0.2, 0.25) is 4.47 Å². The lowest BCUT2D eigenvalue weighted by molar-refractivity contribution is 0.0938. The molecule has 0 radical (unpaired) electrons. The number of nitrogens with one attached hydrogen (secondary N) is 1. The van der Waals surface area contributed by atoms with Crippen LogP contribution in [0.15, 0.2) is 0 Å². The van der Waals surface area contributed by atoms with Crippen LogP contribution in [0, 0.1) is 0 Å². The van der Waals surface area contributed by atoms with Crippen molar-refractivity contribution in [3.05, 3.63) is 9.47 Å². The molecule has 1 heterocycles. The summed E-state index contributed by atoms with van der Waals surface area (Å²) in [5, 5.41) is 10.3. The maximum absolute atomic E-state index is 11.4. The Hall–Kier alpha value is -0.680. The van der Waals surface area contributed by atoms with Gasteiger partial charge in [-0.3, -0.25) is 4.79 Å². The van der Waals surface area contributed by atoms with Gasteiger partial charge in [0.05, 0.1) is 0 Å². The minimum Gasteiger partial charge on any atom is -0.347 e. The fourth-order valence-corrected chi connectivity index (χ4v) is 1.42. The molecule has 6 heteroatoms. The summed E-state index contributed by atoms with van der Waals surface area (Å²) >= 11 is 6.62. The van der Waals surface area contributed by atoms with Crippen molar-refractivity contribution in [3.8, 4) is 0 Å². The predicted octanol–water partition coefficient (Wildman–Crippen LogP) is 1.72. The number of aromatic nitrogens is 2. The molecule has 0 bridgehead atoms. The quantitative estimate of drug-likeness (QED) is 0.842. The van der Waals surface area contributed by atoms with Crippen molar-refractivity contribution >= 4 is 28.8 Å². The number of carbonyl (C=O) groups excluding carboxylic acids is 1. The van der Waals surface area contributed by atoms with E-state index >= 15 is 0 Å². The Bertz CT molecular complexity index is 302. The average molecular weight is 220 g/mol. The molecule has 1 atom stereocenters. The lowest BCUT2D eigenvalue weighted by Gasteiger charge is -2.08. The van der Waals surface area contributed by atoms with Crippen molar-refractivity contribution in [2.45, 2.75) is 26.3 Å². The second-order valence-corrected chi connectivity index (χ2v) is 4.20. The van der Waals surface area contributed by atoms with Crippen LogP contribution < -0.4 is 5.32 Å². The third-order valence-electron chi connectivity index (χ3n) is 1.58. The topological polar surface area (TPSA) is 54.9 Å². The minimum absolute atomic E-state index is 0.148. The molecule has 1 aromatic rings. The third-order valence-corrected chi connectivity index (χ3v) is 2.60. The van der Waals surface area contributed by atoms with Crippen LogP contribution in [0.5, 0.6) is 0 Å². The van der Waals surface area contributed by atoms with Gasteiger partial charge in [0.2, 0.25) is 9.47 Å². The summed E-state index contributed by atoms with van der Waals surface area (Å²) in [6.45, 7) is 3.93. The highest BCUT2D eigenvalue weighted by Crippen LogP contribution is 2.14. The molecule has 0 aliphatic rings. The standard InChI is InChI=1S/C7H10ClN3OS/c1-3-4(2)9-5(12)6-10-11-7(8)13-6/h4H,3H2,1-2H3,(H,9,12). The molecule has 0 aliphatic heterocycles. The second kappa shape index (κ2) is 4.53. The third kappa shape index (κ3) is 2.93. The van der Waals surface area contributed by atoms with Gasteiger partial charge in [-0.2, -0.15) is 0 Å². The molecule has 0 fully saturated rings. The molecule has 0 saturated carbocycles. The van der Waals surface area contributed by atoms with Gasteiger partial charge in [0, 0.05) is 6.04 Å². The molecule has 1 unspecified atom stereocenters. The summed E-state index contributed by atoms with van der Waals surface area (Å²) in [5.41, 5.74) is 0. The van der Waals surface area contributed by atoms with Gasteiger partial charge in [-0.05, 0) is 24.9 Å². The molecule has 0 saturated heterocycles. The van der Waals surface area contributed by atoms with E-state index in [0.29, 0.717) is 5.01 Å². The zero-order chi connectivity index (χ0) is 9.84. The van der Waals surface area contributed by atoms with E-state index in [-0.39, 0.29) is 16.4 Å². The summed E-state index contributed by atoms with van der Waals surface area (Å²) in [6, 6.07) is 0.148. The highest BCUT2D eigenvalue weighted by Gasteiger charge is 2.13. The molecule has 1 amide bonds. The largest absolute Gasteiger partial charge is 0.347 e. The second-order valence-electron chi connectivity index (χ2n) is 2.64. The monoisotopic (exact) mass is 219 g/mol. The Balaban J connectivity index is 2.58. The van der Waals surface area contributed by atoms with E-state index in [0.717, 1.165) is 17.8 Å². The van der Waals surface area contributed by atoms with E-state index in [2.05, 4.69) is 15.5 Å². The maximum Gasteiger partial charge on any atom is 0.282 e. The smallest absolute Gasteiger partial charge is 0.282 e. The number of halogens is 1. The first-order valence-electron chi connectivity index (χ1n) is 3.93. The van der Waals surface area contributed by atoms with Crippen LogP contribution in [0.25, 0.3) is 0 Å². The number of hydrogen-bond acceptors (Lipinski definition) is 4. The van der Waals surface area contributed by atoms with Crippen molar-refractivity contribution in [2.24, 2.45) is 0 Å². The van der Waals surface area contributed by atoms with Crippen LogP contribution in [0.1, 0.15) is 30.1 Å². The minimum atomic E-state index is -0.209. The van der Waals surface area contributed by atoms with Crippen molar-refractivity contribution in [2.75, 3.05) is 0 Å². The van der Waals surface area contributed by atoms with E-state index < -0.39 is 0 Å².